The van der Waals surface area contributed by atoms with E-state index in [0.717, 1.165) is 0 Å². The molecule has 0 radical (unpaired) electrons. The van der Waals surface area contributed by atoms with Crippen LogP contribution in [0.25, 0.3) is 0 Å². The van der Waals surface area contributed by atoms with Crippen molar-refractivity contribution in [2.24, 2.45) is 0 Å². The Hall–Kier alpha value is -3.22. The molecule has 2 aromatic rings. The molecule has 0 bridgehead atoms. The molecule has 0 heterocycles. The summed E-state index contributed by atoms with van der Waals surface area (Å²) in [5, 5.41) is 13.9. The molecular weight excluding hydrogens is 326 g/mol. The Labute approximate surface area is 145 Å². The van der Waals surface area contributed by atoms with Crippen molar-refractivity contribution in [1.82, 2.24) is 0 Å². The summed E-state index contributed by atoms with van der Waals surface area (Å²) in [4.78, 5) is 23.7. The summed E-state index contributed by atoms with van der Waals surface area (Å²) in [6.07, 6.45) is -0.842. The normalized spacial score (nSPS) is 11.3. The fraction of sp³-hybridized carbons (Fsp3) is 0.222. The fourth-order valence-corrected chi connectivity index (χ4v) is 2.14. The number of carbonyl (C=O) groups excluding carboxylic acids is 2. The molecule has 0 spiro atoms. The molecule has 0 aromatic heterocycles. The van der Waals surface area contributed by atoms with Crippen LogP contribution >= 0.6 is 0 Å². The first-order valence-electron chi connectivity index (χ1n) is 7.46. The van der Waals surface area contributed by atoms with E-state index in [0.29, 0.717) is 5.75 Å². The lowest BCUT2D eigenvalue weighted by molar-refractivity contribution is -0.254. The molecule has 0 saturated heterocycles. The lowest BCUT2D eigenvalue weighted by Gasteiger charge is -2.18. The molecule has 1 amide bonds. The molecule has 7 nitrogen and oxygen atoms in total. The molecule has 0 aliphatic rings. The van der Waals surface area contributed by atoms with Crippen molar-refractivity contribution in [3.05, 3.63) is 48.0 Å². The zero-order valence-corrected chi connectivity index (χ0v) is 14.1. The van der Waals surface area contributed by atoms with Crippen LogP contribution in [0.2, 0.25) is 0 Å². The van der Waals surface area contributed by atoms with Crippen molar-refractivity contribution in [2.75, 3.05) is 19.5 Å². The third kappa shape index (κ3) is 4.41. The first-order chi connectivity index (χ1) is 12.0. The molecule has 0 saturated carbocycles. The molecule has 0 aliphatic carbocycles. The number of rotatable bonds is 7. The van der Waals surface area contributed by atoms with Gasteiger partial charge in [-0.1, -0.05) is 18.2 Å². The van der Waals surface area contributed by atoms with Gasteiger partial charge in [-0.2, -0.15) is 0 Å². The molecule has 0 fully saturated rings. The minimum atomic E-state index is -1.45. The number of hydrogen-bond acceptors (Lipinski definition) is 6. The Morgan fingerprint density at radius 2 is 1.64 bits per heavy atom. The van der Waals surface area contributed by atoms with Crippen LogP contribution in [0.15, 0.2) is 42.5 Å². The number of anilines is 1. The lowest BCUT2D eigenvalue weighted by atomic mass is 10.1. The third-order valence-electron chi connectivity index (χ3n) is 3.43. The minimum Gasteiger partial charge on any atom is -0.545 e. The second kappa shape index (κ2) is 8.05. The van der Waals surface area contributed by atoms with Crippen LogP contribution in [0.3, 0.4) is 0 Å². The van der Waals surface area contributed by atoms with Crippen molar-refractivity contribution in [3.8, 4) is 17.2 Å². The van der Waals surface area contributed by atoms with Crippen LogP contribution in [-0.4, -0.2) is 32.2 Å². The largest absolute Gasteiger partial charge is 0.545 e. The van der Waals surface area contributed by atoms with Crippen molar-refractivity contribution in [2.45, 2.75) is 13.0 Å². The van der Waals surface area contributed by atoms with Gasteiger partial charge in [-0.3, -0.25) is 4.79 Å². The molecule has 2 rings (SSSR count). The van der Waals surface area contributed by atoms with E-state index in [1.54, 1.807) is 31.2 Å². The molecule has 0 aliphatic heterocycles. The van der Waals surface area contributed by atoms with Crippen LogP contribution in [0.4, 0.5) is 5.69 Å². The summed E-state index contributed by atoms with van der Waals surface area (Å²) in [5.74, 6) is -0.947. The number of nitrogens with one attached hydrogen (secondary N) is 1. The van der Waals surface area contributed by atoms with Gasteiger partial charge in [-0.15, -0.1) is 0 Å². The Kier molecular flexibility index (Phi) is 5.84. The predicted molar refractivity (Wildman–Crippen MR) is 89.0 cm³/mol. The number of carboxylic acid groups (broad SMARTS) is 1. The number of ether oxygens (including phenoxy) is 3. The van der Waals surface area contributed by atoms with Gasteiger partial charge < -0.3 is 29.4 Å². The Morgan fingerprint density at radius 1 is 1.04 bits per heavy atom. The van der Waals surface area contributed by atoms with Gasteiger partial charge >= 0.3 is 0 Å². The monoisotopic (exact) mass is 344 g/mol. The van der Waals surface area contributed by atoms with Gasteiger partial charge in [0.2, 0.25) is 0 Å². The van der Waals surface area contributed by atoms with Crippen molar-refractivity contribution >= 4 is 17.6 Å². The number of hydrogen-bond donors (Lipinski definition) is 1. The average Bonchev–Trinajstić information content (AvgIpc) is 2.61. The van der Waals surface area contributed by atoms with E-state index in [-0.39, 0.29) is 22.7 Å². The van der Waals surface area contributed by atoms with Gasteiger partial charge in [0.25, 0.3) is 5.91 Å². The van der Waals surface area contributed by atoms with Gasteiger partial charge in [-0.05, 0) is 25.1 Å². The maximum atomic E-state index is 12.3. The molecule has 1 atom stereocenters. The number of carbonyl (C=O) groups is 2. The van der Waals surface area contributed by atoms with Gasteiger partial charge in [0, 0.05) is 11.6 Å². The van der Waals surface area contributed by atoms with Gasteiger partial charge in [0.15, 0.2) is 17.6 Å². The van der Waals surface area contributed by atoms with Crippen LogP contribution in [0, 0.1) is 0 Å². The standard InChI is InChI=1S/C18H19NO6/c1-11(25-12-7-5-4-6-8-12)17(20)19-14-10-16(24-3)15(23-2)9-13(14)18(21)22/h4-11H,1-3H3,(H,19,20)(H,21,22)/p-1. The Bertz CT molecular complexity index is 760. The van der Waals surface area contributed by atoms with E-state index in [4.69, 9.17) is 14.2 Å². The average molecular weight is 344 g/mol. The Morgan fingerprint density at radius 3 is 2.20 bits per heavy atom. The number of carboxylic acids is 1. The predicted octanol–water partition coefficient (Wildman–Crippen LogP) is 1.47. The number of benzene rings is 2. The second-order valence-electron chi connectivity index (χ2n) is 5.10. The Balaban J connectivity index is 2.22. The first kappa shape index (κ1) is 18.1. The van der Waals surface area contributed by atoms with Gasteiger partial charge in [0.1, 0.15) is 5.75 Å². The van der Waals surface area contributed by atoms with Crippen molar-refractivity contribution in [1.29, 1.82) is 0 Å². The van der Waals surface area contributed by atoms with E-state index >= 15 is 0 Å². The highest BCUT2D eigenvalue weighted by molar-refractivity contribution is 6.02. The third-order valence-corrected chi connectivity index (χ3v) is 3.43. The smallest absolute Gasteiger partial charge is 0.265 e. The van der Waals surface area contributed by atoms with Gasteiger partial charge in [0.05, 0.1) is 25.9 Å². The van der Waals surface area contributed by atoms with E-state index in [1.807, 2.05) is 6.07 Å². The first-order valence-corrected chi connectivity index (χ1v) is 7.46. The zero-order chi connectivity index (χ0) is 18.4. The highest BCUT2D eigenvalue weighted by atomic mass is 16.5. The SMILES string of the molecule is COc1cc(NC(=O)C(C)Oc2ccccc2)c(C(=O)[O-])cc1OC. The van der Waals surface area contributed by atoms with Gasteiger partial charge in [-0.25, -0.2) is 0 Å². The van der Waals surface area contributed by atoms with Crippen LogP contribution in [0.5, 0.6) is 17.2 Å². The maximum absolute atomic E-state index is 12.3. The molecule has 1 N–H and O–H groups in total. The zero-order valence-electron chi connectivity index (χ0n) is 14.1. The number of para-hydroxylation sites is 1. The summed E-state index contributed by atoms with van der Waals surface area (Å²) in [6.45, 7) is 1.56. The number of amides is 1. The van der Waals surface area contributed by atoms with Crippen LogP contribution < -0.4 is 24.6 Å². The van der Waals surface area contributed by atoms with Crippen molar-refractivity contribution < 1.29 is 28.9 Å². The van der Waals surface area contributed by atoms with E-state index in [9.17, 15) is 14.7 Å². The second-order valence-corrected chi connectivity index (χ2v) is 5.10. The molecule has 7 heteroatoms. The minimum absolute atomic E-state index is 0.0335. The van der Waals surface area contributed by atoms with E-state index < -0.39 is 18.0 Å². The lowest BCUT2D eigenvalue weighted by Crippen LogP contribution is -2.32. The summed E-state index contributed by atoms with van der Waals surface area (Å²) < 4.78 is 15.7. The van der Waals surface area contributed by atoms with Crippen LogP contribution in [0.1, 0.15) is 17.3 Å². The highest BCUT2D eigenvalue weighted by Crippen LogP contribution is 2.33. The summed E-state index contributed by atoms with van der Waals surface area (Å²) in [5.41, 5.74) is -0.191. The highest BCUT2D eigenvalue weighted by Gasteiger charge is 2.19. The summed E-state index contributed by atoms with van der Waals surface area (Å²) in [6, 6.07) is 11.4. The summed E-state index contributed by atoms with van der Waals surface area (Å²) in [7, 11) is 2.79. The topological polar surface area (TPSA) is 96.9 Å². The fourth-order valence-electron chi connectivity index (χ4n) is 2.14. The molecule has 1 unspecified atom stereocenters. The maximum Gasteiger partial charge on any atom is 0.265 e. The van der Waals surface area contributed by atoms with Crippen LogP contribution in [-0.2, 0) is 4.79 Å². The summed E-state index contributed by atoms with van der Waals surface area (Å²) >= 11 is 0. The number of aromatic carboxylic acids is 1. The van der Waals surface area contributed by atoms with Crippen molar-refractivity contribution in [3.63, 3.8) is 0 Å². The molecule has 132 valence electrons. The molecule has 2 aromatic carbocycles. The van der Waals surface area contributed by atoms with E-state index in [1.165, 1.54) is 26.4 Å². The molecular formula is C18H18NO6-. The quantitative estimate of drug-likeness (QED) is 0.817. The number of methoxy groups -OCH3 is 2. The molecule has 25 heavy (non-hydrogen) atoms. The van der Waals surface area contributed by atoms with E-state index in [2.05, 4.69) is 5.32 Å².